The van der Waals surface area contributed by atoms with Gasteiger partial charge in [0.25, 0.3) is 5.91 Å². The fourth-order valence-corrected chi connectivity index (χ4v) is 2.26. The van der Waals surface area contributed by atoms with Crippen LogP contribution in [0.15, 0.2) is 42.5 Å². The molecule has 0 aliphatic carbocycles. The highest BCUT2D eigenvalue weighted by molar-refractivity contribution is 6.32. The van der Waals surface area contributed by atoms with E-state index in [2.05, 4.69) is 11.4 Å². The topological polar surface area (TPSA) is 83.9 Å². The number of ether oxygens (including phenoxy) is 3. The molecule has 1 amide bonds. The lowest BCUT2D eigenvalue weighted by molar-refractivity contribution is -0.118. The highest BCUT2D eigenvalue weighted by Gasteiger charge is 2.23. The van der Waals surface area contributed by atoms with Crippen molar-refractivity contribution < 1.29 is 19.0 Å². The fourth-order valence-electron chi connectivity index (χ4n) is 2.07. The summed E-state index contributed by atoms with van der Waals surface area (Å²) in [7, 11) is 0. The molecule has 1 aliphatic heterocycles. The maximum atomic E-state index is 12.0. The van der Waals surface area contributed by atoms with E-state index in [0.29, 0.717) is 41.0 Å². The van der Waals surface area contributed by atoms with Gasteiger partial charge in [0, 0.05) is 5.69 Å². The maximum absolute atomic E-state index is 12.0. The van der Waals surface area contributed by atoms with Crippen molar-refractivity contribution in [2.45, 2.75) is 6.10 Å². The van der Waals surface area contributed by atoms with E-state index in [9.17, 15) is 10.1 Å². The summed E-state index contributed by atoms with van der Waals surface area (Å²) < 4.78 is 16.0. The zero-order valence-electron chi connectivity index (χ0n) is 13.2. The van der Waals surface area contributed by atoms with Gasteiger partial charge < -0.3 is 19.5 Å². The molecule has 0 spiro atoms. The minimum atomic E-state index is -0.358. The Labute approximate surface area is 149 Å². The van der Waals surface area contributed by atoms with E-state index in [0.717, 1.165) is 0 Å². The Hall–Kier alpha value is -2.75. The van der Waals surface area contributed by atoms with Crippen LogP contribution in [-0.2, 0) is 9.53 Å². The fraction of sp³-hybridized carbons (Fsp3) is 0.222. The van der Waals surface area contributed by atoms with Crippen LogP contribution in [0.1, 0.15) is 5.56 Å². The first-order valence-corrected chi connectivity index (χ1v) is 7.99. The largest absolute Gasteiger partial charge is 0.489 e. The standard InChI is InChI=1S/C18H15ClN2O4/c19-15-3-1-2-4-17(15)25-11-18(22)21-13-5-6-16(12(7-13)8-20)24-10-14-9-23-14/h1-7,14H,9-11H2,(H,21,22). The van der Waals surface area contributed by atoms with Gasteiger partial charge in [-0.15, -0.1) is 0 Å². The van der Waals surface area contributed by atoms with Gasteiger partial charge >= 0.3 is 0 Å². The van der Waals surface area contributed by atoms with Crippen LogP contribution in [0.3, 0.4) is 0 Å². The molecule has 0 saturated carbocycles. The van der Waals surface area contributed by atoms with Crippen LogP contribution in [0.4, 0.5) is 5.69 Å². The first kappa shape index (κ1) is 17.1. The molecule has 2 aromatic carbocycles. The Kier molecular flexibility index (Phi) is 5.39. The van der Waals surface area contributed by atoms with Crippen molar-refractivity contribution >= 4 is 23.2 Å². The number of nitrogens with zero attached hydrogens (tertiary/aromatic N) is 1. The molecule has 1 aliphatic rings. The minimum Gasteiger partial charge on any atom is -0.489 e. The summed E-state index contributed by atoms with van der Waals surface area (Å²) in [4.78, 5) is 12.0. The molecular formula is C18H15ClN2O4. The molecule has 2 aromatic rings. The lowest BCUT2D eigenvalue weighted by Crippen LogP contribution is -2.20. The highest BCUT2D eigenvalue weighted by Crippen LogP contribution is 2.25. The van der Waals surface area contributed by atoms with Crippen molar-refractivity contribution in [3.8, 4) is 17.6 Å². The van der Waals surface area contributed by atoms with Crippen LogP contribution in [0.5, 0.6) is 11.5 Å². The third-order valence-electron chi connectivity index (χ3n) is 3.41. The zero-order chi connectivity index (χ0) is 17.6. The molecular weight excluding hydrogens is 344 g/mol. The number of anilines is 1. The monoisotopic (exact) mass is 358 g/mol. The second-order valence-corrected chi connectivity index (χ2v) is 5.76. The predicted molar refractivity (Wildman–Crippen MR) is 92.0 cm³/mol. The summed E-state index contributed by atoms with van der Waals surface area (Å²) >= 11 is 5.97. The van der Waals surface area contributed by atoms with Crippen molar-refractivity contribution in [1.29, 1.82) is 5.26 Å². The summed E-state index contributed by atoms with van der Waals surface area (Å²) in [6.45, 7) is 0.899. The van der Waals surface area contributed by atoms with E-state index < -0.39 is 0 Å². The van der Waals surface area contributed by atoms with Gasteiger partial charge in [-0.1, -0.05) is 23.7 Å². The van der Waals surface area contributed by atoms with Crippen LogP contribution < -0.4 is 14.8 Å². The van der Waals surface area contributed by atoms with E-state index in [1.54, 1.807) is 42.5 Å². The first-order chi connectivity index (χ1) is 12.2. The van der Waals surface area contributed by atoms with Crippen molar-refractivity contribution in [2.75, 3.05) is 25.1 Å². The molecule has 3 rings (SSSR count). The lowest BCUT2D eigenvalue weighted by Gasteiger charge is -2.10. The molecule has 6 nitrogen and oxygen atoms in total. The summed E-state index contributed by atoms with van der Waals surface area (Å²) in [5.74, 6) is 0.537. The summed E-state index contributed by atoms with van der Waals surface area (Å²) in [6, 6.07) is 13.8. The Balaban J connectivity index is 1.57. The van der Waals surface area contributed by atoms with Crippen LogP contribution in [0, 0.1) is 11.3 Å². The second kappa shape index (κ2) is 7.88. The van der Waals surface area contributed by atoms with Crippen molar-refractivity contribution in [3.05, 3.63) is 53.1 Å². The van der Waals surface area contributed by atoms with Gasteiger partial charge in [-0.2, -0.15) is 5.26 Å². The van der Waals surface area contributed by atoms with Crippen LogP contribution in [0.2, 0.25) is 5.02 Å². The van der Waals surface area contributed by atoms with Crippen LogP contribution in [-0.4, -0.2) is 31.8 Å². The maximum Gasteiger partial charge on any atom is 0.262 e. The third-order valence-corrected chi connectivity index (χ3v) is 3.72. The number of para-hydroxylation sites is 1. The normalized spacial score (nSPS) is 15.1. The molecule has 1 fully saturated rings. The minimum absolute atomic E-state index is 0.105. The quantitative estimate of drug-likeness (QED) is 0.769. The number of halogens is 1. The third kappa shape index (κ3) is 4.86. The SMILES string of the molecule is N#Cc1cc(NC(=O)COc2ccccc2Cl)ccc1OCC1CO1. The summed E-state index contributed by atoms with van der Waals surface area (Å²) in [5.41, 5.74) is 0.824. The average molecular weight is 359 g/mol. The second-order valence-electron chi connectivity index (χ2n) is 5.36. The van der Waals surface area contributed by atoms with E-state index in [-0.39, 0.29) is 18.6 Å². The predicted octanol–water partition coefficient (Wildman–Crippen LogP) is 3.01. The van der Waals surface area contributed by atoms with Crippen molar-refractivity contribution in [3.63, 3.8) is 0 Å². The molecule has 128 valence electrons. The molecule has 1 unspecified atom stereocenters. The summed E-state index contributed by atoms with van der Waals surface area (Å²) in [5, 5.41) is 12.3. The Morgan fingerprint density at radius 1 is 1.28 bits per heavy atom. The number of carbonyl (C=O) groups excluding carboxylic acids is 1. The smallest absolute Gasteiger partial charge is 0.262 e. The van der Waals surface area contributed by atoms with Gasteiger partial charge in [-0.25, -0.2) is 0 Å². The van der Waals surface area contributed by atoms with Gasteiger partial charge in [0.1, 0.15) is 30.3 Å². The van der Waals surface area contributed by atoms with Gasteiger partial charge in [-0.3, -0.25) is 4.79 Å². The number of nitrogens with one attached hydrogen (secondary N) is 1. The van der Waals surface area contributed by atoms with Gasteiger partial charge in [-0.05, 0) is 30.3 Å². The molecule has 1 atom stereocenters. The van der Waals surface area contributed by atoms with Crippen LogP contribution >= 0.6 is 11.6 Å². The molecule has 1 N–H and O–H groups in total. The van der Waals surface area contributed by atoms with E-state index in [4.69, 9.17) is 25.8 Å². The Morgan fingerprint density at radius 2 is 2.08 bits per heavy atom. The Morgan fingerprint density at radius 3 is 2.80 bits per heavy atom. The molecule has 0 radical (unpaired) electrons. The number of epoxide rings is 1. The molecule has 25 heavy (non-hydrogen) atoms. The lowest BCUT2D eigenvalue weighted by atomic mass is 10.2. The number of amides is 1. The number of hydrogen-bond acceptors (Lipinski definition) is 5. The molecule has 1 saturated heterocycles. The van der Waals surface area contributed by atoms with E-state index in [1.807, 2.05) is 0 Å². The van der Waals surface area contributed by atoms with Crippen LogP contribution in [0.25, 0.3) is 0 Å². The van der Waals surface area contributed by atoms with Gasteiger partial charge in [0.2, 0.25) is 0 Å². The Bertz CT molecular complexity index is 815. The molecule has 0 bridgehead atoms. The summed E-state index contributed by atoms with van der Waals surface area (Å²) in [6.07, 6.45) is 0.105. The molecule has 0 aromatic heterocycles. The highest BCUT2D eigenvalue weighted by atomic mass is 35.5. The van der Waals surface area contributed by atoms with Crippen molar-refractivity contribution in [1.82, 2.24) is 0 Å². The number of carbonyl (C=O) groups is 1. The van der Waals surface area contributed by atoms with Gasteiger partial charge in [0.15, 0.2) is 6.61 Å². The molecule has 7 heteroatoms. The number of rotatable bonds is 7. The van der Waals surface area contributed by atoms with E-state index in [1.165, 1.54) is 0 Å². The molecule has 1 heterocycles. The average Bonchev–Trinajstić information content (AvgIpc) is 3.44. The number of hydrogen-bond donors (Lipinski definition) is 1. The first-order valence-electron chi connectivity index (χ1n) is 7.61. The van der Waals surface area contributed by atoms with E-state index >= 15 is 0 Å². The number of benzene rings is 2. The number of nitriles is 1. The van der Waals surface area contributed by atoms with Gasteiger partial charge in [0.05, 0.1) is 17.2 Å². The van der Waals surface area contributed by atoms with Crippen molar-refractivity contribution in [2.24, 2.45) is 0 Å². The zero-order valence-corrected chi connectivity index (χ0v) is 14.0.